The van der Waals surface area contributed by atoms with Crippen molar-refractivity contribution in [1.82, 2.24) is 14.5 Å². The summed E-state index contributed by atoms with van der Waals surface area (Å²) in [7, 11) is 0. The van der Waals surface area contributed by atoms with Crippen molar-refractivity contribution < 1.29 is 9.90 Å². The zero-order valence-electron chi connectivity index (χ0n) is 8.08. The van der Waals surface area contributed by atoms with E-state index in [2.05, 4.69) is 9.97 Å². The number of aromatic nitrogens is 3. The highest BCUT2D eigenvalue weighted by atomic mass is 16.4. The highest BCUT2D eigenvalue weighted by molar-refractivity contribution is 5.89. The molecule has 0 saturated carbocycles. The molecule has 2 heterocycles. The number of hydrogen-bond acceptors (Lipinski definition) is 3. The summed E-state index contributed by atoms with van der Waals surface area (Å²) in [5.74, 6) is -0.477. The summed E-state index contributed by atoms with van der Waals surface area (Å²) in [4.78, 5) is 18.9. The number of carboxylic acid groups (broad SMARTS) is 1. The second-order valence-corrected chi connectivity index (χ2v) is 3.12. The van der Waals surface area contributed by atoms with E-state index >= 15 is 0 Å². The normalized spacial score (nSPS) is 10.2. The lowest BCUT2D eigenvalue weighted by molar-refractivity contribution is 0.0696. The maximum atomic E-state index is 10.8. The van der Waals surface area contributed by atoms with Gasteiger partial charge in [-0.1, -0.05) is 0 Å². The van der Waals surface area contributed by atoms with Crippen LogP contribution in [0.2, 0.25) is 0 Å². The minimum atomic E-state index is -0.942. The Morgan fingerprint density at radius 1 is 1.33 bits per heavy atom. The smallest absolute Gasteiger partial charge is 0.337 e. The third-order valence-corrected chi connectivity index (χ3v) is 2.04. The molecule has 0 aliphatic heterocycles. The van der Waals surface area contributed by atoms with E-state index in [0.717, 1.165) is 0 Å². The fourth-order valence-corrected chi connectivity index (χ4v) is 1.32. The van der Waals surface area contributed by atoms with E-state index in [-0.39, 0.29) is 5.56 Å². The van der Waals surface area contributed by atoms with Crippen LogP contribution in [-0.4, -0.2) is 25.6 Å². The number of carboxylic acids is 1. The van der Waals surface area contributed by atoms with Gasteiger partial charge in [0.1, 0.15) is 0 Å². The number of rotatable bonds is 2. The molecule has 0 atom stereocenters. The Morgan fingerprint density at radius 2 is 2.00 bits per heavy atom. The first-order chi connectivity index (χ1) is 7.18. The molecule has 0 spiro atoms. The van der Waals surface area contributed by atoms with Crippen LogP contribution in [0.4, 0.5) is 0 Å². The molecule has 0 fully saturated rings. The maximum Gasteiger partial charge on any atom is 0.337 e. The first-order valence-corrected chi connectivity index (χ1v) is 4.38. The Labute approximate surface area is 86.0 Å². The SMILES string of the molecule is Cc1cn(-c2ncccn2)cc1C(=O)O. The first kappa shape index (κ1) is 9.39. The molecule has 0 aromatic carbocycles. The van der Waals surface area contributed by atoms with E-state index in [1.54, 1.807) is 36.1 Å². The summed E-state index contributed by atoms with van der Waals surface area (Å²) < 4.78 is 1.60. The van der Waals surface area contributed by atoms with E-state index in [1.165, 1.54) is 6.20 Å². The van der Waals surface area contributed by atoms with Gasteiger partial charge in [0.15, 0.2) is 0 Å². The lowest BCUT2D eigenvalue weighted by Crippen LogP contribution is -1.98. The molecule has 2 aromatic heterocycles. The van der Waals surface area contributed by atoms with Gasteiger partial charge in [0.05, 0.1) is 5.56 Å². The zero-order valence-corrected chi connectivity index (χ0v) is 8.08. The standard InChI is InChI=1S/C10H9N3O2/c1-7-5-13(6-8(7)9(14)15)10-11-3-2-4-12-10/h2-6H,1H3,(H,14,15). The molecule has 5 heteroatoms. The van der Waals surface area contributed by atoms with Crippen molar-refractivity contribution in [1.29, 1.82) is 0 Å². The predicted molar refractivity (Wildman–Crippen MR) is 53.1 cm³/mol. The summed E-state index contributed by atoms with van der Waals surface area (Å²) >= 11 is 0. The molecule has 0 radical (unpaired) electrons. The van der Waals surface area contributed by atoms with Crippen LogP contribution < -0.4 is 0 Å². The molecule has 1 N–H and O–H groups in total. The molecule has 0 unspecified atom stereocenters. The second-order valence-electron chi connectivity index (χ2n) is 3.12. The monoisotopic (exact) mass is 203 g/mol. The van der Waals surface area contributed by atoms with Gasteiger partial charge in [-0.15, -0.1) is 0 Å². The fraction of sp³-hybridized carbons (Fsp3) is 0.100. The summed E-state index contributed by atoms with van der Waals surface area (Å²) in [6.45, 7) is 1.74. The minimum absolute atomic E-state index is 0.266. The topological polar surface area (TPSA) is 68.0 Å². The molecule has 76 valence electrons. The van der Waals surface area contributed by atoms with Crippen molar-refractivity contribution in [3.05, 3.63) is 42.0 Å². The molecular weight excluding hydrogens is 194 g/mol. The summed E-state index contributed by atoms with van der Waals surface area (Å²) in [6, 6.07) is 1.71. The fourth-order valence-electron chi connectivity index (χ4n) is 1.32. The van der Waals surface area contributed by atoms with Crippen LogP contribution >= 0.6 is 0 Å². The van der Waals surface area contributed by atoms with E-state index in [0.29, 0.717) is 11.5 Å². The van der Waals surface area contributed by atoms with Crippen LogP contribution in [-0.2, 0) is 0 Å². The van der Waals surface area contributed by atoms with E-state index < -0.39 is 5.97 Å². The van der Waals surface area contributed by atoms with Crippen molar-refractivity contribution in [3.63, 3.8) is 0 Å². The molecule has 2 aromatic rings. The van der Waals surface area contributed by atoms with Gasteiger partial charge >= 0.3 is 5.97 Å². The van der Waals surface area contributed by atoms with Crippen LogP contribution in [0, 0.1) is 6.92 Å². The van der Waals surface area contributed by atoms with E-state index in [9.17, 15) is 4.79 Å². The van der Waals surface area contributed by atoms with Crippen molar-refractivity contribution in [2.75, 3.05) is 0 Å². The number of aromatic carboxylic acids is 1. The van der Waals surface area contributed by atoms with Crippen LogP contribution in [0.15, 0.2) is 30.9 Å². The lowest BCUT2D eigenvalue weighted by Gasteiger charge is -1.97. The van der Waals surface area contributed by atoms with Gasteiger partial charge in [0.2, 0.25) is 5.95 Å². The van der Waals surface area contributed by atoms with Crippen molar-refractivity contribution >= 4 is 5.97 Å². The van der Waals surface area contributed by atoms with Gasteiger partial charge in [0, 0.05) is 24.8 Å². The number of aryl methyl sites for hydroxylation is 1. The Morgan fingerprint density at radius 3 is 2.53 bits per heavy atom. The van der Waals surface area contributed by atoms with Crippen LogP contribution in [0.5, 0.6) is 0 Å². The Bertz CT molecular complexity index is 491. The molecular formula is C10H9N3O2. The average Bonchev–Trinajstić information content (AvgIpc) is 2.62. The highest BCUT2D eigenvalue weighted by Gasteiger charge is 2.11. The van der Waals surface area contributed by atoms with Gasteiger partial charge in [-0.3, -0.25) is 4.57 Å². The van der Waals surface area contributed by atoms with Crippen LogP contribution in [0.3, 0.4) is 0 Å². The molecule has 0 bridgehead atoms. The molecule has 0 amide bonds. The summed E-state index contributed by atoms with van der Waals surface area (Å²) in [5.41, 5.74) is 0.956. The van der Waals surface area contributed by atoms with Crippen LogP contribution in [0.25, 0.3) is 5.95 Å². The van der Waals surface area contributed by atoms with Crippen LogP contribution in [0.1, 0.15) is 15.9 Å². The summed E-state index contributed by atoms with van der Waals surface area (Å²) in [6.07, 6.45) is 6.42. The molecule has 2 rings (SSSR count). The average molecular weight is 203 g/mol. The minimum Gasteiger partial charge on any atom is -0.478 e. The number of nitrogens with zero attached hydrogens (tertiary/aromatic N) is 3. The number of carbonyl (C=O) groups is 1. The van der Waals surface area contributed by atoms with Crippen molar-refractivity contribution in [3.8, 4) is 5.95 Å². The largest absolute Gasteiger partial charge is 0.478 e. The lowest BCUT2D eigenvalue weighted by atomic mass is 10.2. The quantitative estimate of drug-likeness (QED) is 0.798. The van der Waals surface area contributed by atoms with Gasteiger partial charge in [0.25, 0.3) is 0 Å². The van der Waals surface area contributed by atoms with Gasteiger partial charge in [-0.25, -0.2) is 14.8 Å². The predicted octanol–water partition coefficient (Wildman–Crippen LogP) is 1.27. The molecule has 0 aliphatic rings. The molecule has 5 nitrogen and oxygen atoms in total. The zero-order chi connectivity index (χ0) is 10.8. The van der Waals surface area contributed by atoms with Gasteiger partial charge in [-0.2, -0.15) is 0 Å². The van der Waals surface area contributed by atoms with Gasteiger partial charge in [-0.05, 0) is 18.6 Å². The maximum absolute atomic E-state index is 10.8. The third-order valence-electron chi connectivity index (χ3n) is 2.04. The van der Waals surface area contributed by atoms with Crippen molar-refractivity contribution in [2.24, 2.45) is 0 Å². The van der Waals surface area contributed by atoms with E-state index in [1.807, 2.05) is 0 Å². The highest BCUT2D eigenvalue weighted by Crippen LogP contribution is 2.11. The first-order valence-electron chi connectivity index (χ1n) is 4.38. The Kier molecular flexibility index (Phi) is 2.21. The second kappa shape index (κ2) is 3.53. The molecule has 15 heavy (non-hydrogen) atoms. The molecule has 0 saturated heterocycles. The van der Waals surface area contributed by atoms with E-state index in [4.69, 9.17) is 5.11 Å². The van der Waals surface area contributed by atoms with Gasteiger partial charge < -0.3 is 5.11 Å². The third kappa shape index (κ3) is 1.71. The van der Waals surface area contributed by atoms with Crippen molar-refractivity contribution in [2.45, 2.75) is 6.92 Å². The Hall–Kier alpha value is -2.17. The Balaban J connectivity index is 2.48. The number of hydrogen-bond donors (Lipinski definition) is 1. The summed E-state index contributed by atoms with van der Waals surface area (Å²) in [5, 5.41) is 8.87. The molecule has 0 aliphatic carbocycles.